The van der Waals surface area contributed by atoms with E-state index in [-0.39, 0.29) is 29.3 Å². The van der Waals surface area contributed by atoms with E-state index in [0.29, 0.717) is 18.4 Å². The first-order valence-corrected chi connectivity index (χ1v) is 20.2. The molecule has 0 amide bonds. The van der Waals surface area contributed by atoms with Gasteiger partial charge in [-0.15, -0.1) is 0 Å². The number of esters is 3. The molecule has 2 aliphatic rings. The van der Waals surface area contributed by atoms with Crippen molar-refractivity contribution in [2.75, 3.05) is 12.3 Å². The molecule has 1 saturated carbocycles. The molecule has 18 nitrogen and oxygen atoms in total. The number of nitrogens with one attached hydrogen (secondary N) is 1. The Morgan fingerprint density at radius 1 is 0.964 bits per heavy atom. The molecule has 19 heteroatoms. The van der Waals surface area contributed by atoms with Gasteiger partial charge in [-0.3, -0.25) is 18.9 Å². The summed E-state index contributed by atoms with van der Waals surface area (Å²) in [6.07, 6.45) is 0.487. The van der Waals surface area contributed by atoms with Crippen LogP contribution in [0, 0.1) is 23.2 Å². The molecule has 5 rings (SSSR count). The second-order valence-electron chi connectivity index (χ2n) is 14.8. The van der Waals surface area contributed by atoms with Crippen molar-refractivity contribution in [2.45, 2.75) is 115 Å². The quantitative estimate of drug-likeness (QED) is 0.0917. The number of benzene rings is 1. The molecule has 1 aliphatic heterocycles. The van der Waals surface area contributed by atoms with Crippen molar-refractivity contribution in [3.8, 4) is 11.8 Å². The Bertz CT molecular complexity index is 1930. The highest BCUT2D eigenvalue weighted by atomic mass is 31.2. The van der Waals surface area contributed by atoms with Crippen molar-refractivity contribution in [3.63, 3.8) is 0 Å². The lowest BCUT2D eigenvalue weighted by molar-refractivity contribution is -0.172. The van der Waals surface area contributed by atoms with E-state index in [1.54, 1.807) is 58.0 Å². The van der Waals surface area contributed by atoms with E-state index in [0.717, 1.165) is 19.3 Å². The molecule has 1 saturated heterocycles. The van der Waals surface area contributed by atoms with Crippen molar-refractivity contribution < 1.29 is 46.9 Å². The van der Waals surface area contributed by atoms with Crippen LogP contribution in [0.2, 0.25) is 0 Å². The van der Waals surface area contributed by atoms with Crippen LogP contribution in [0.4, 0.5) is 5.82 Å². The normalized spacial score (nSPS) is 24.2. The molecule has 2 aromatic heterocycles. The molecule has 1 aromatic carbocycles. The van der Waals surface area contributed by atoms with Gasteiger partial charge in [0.1, 0.15) is 60.6 Å². The van der Waals surface area contributed by atoms with Gasteiger partial charge in [0.15, 0.2) is 18.0 Å². The van der Waals surface area contributed by atoms with Crippen molar-refractivity contribution >= 4 is 37.0 Å². The maximum absolute atomic E-state index is 14.7. The molecular formula is C37H51N8O10P. The minimum atomic E-state index is -4.63. The topological polar surface area (TPSA) is 268 Å². The van der Waals surface area contributed by atoms with Crippen LogP contribution < -0.4 is 26.8 Å². The van der Waals surface area contributed by atoms with Gasteiger partial charge in [0.2, 0.25) is 5.60 Å². The fraction of sp³-hybridized carbons (Fsp3) is 0.568. The van der Waals surface area contributed by atoms with Crippen molar-refractivity contribution in [1.82, 2.24) is 19.7 Å². The zero-order chi connectivity index (χ0) is 40.8. The number of nitrogen functional groups attached to an aromatic ring is 1. The monoisotopic (exact) mass is 798 g/mol. The summed E-state index contributed by atoms with van der Waals surface area (Å²) in [6, 6.07) is 9.68. The molecule has 7 N–H and O–H groups in total. The summed E-state index contributed by atoms with van der Waals surface area (Å²) in [4.78, 5) is 44.4. The summed E-state index contributed by atoms with van der Waals surface area (Å²) in [7, 11) is -4.63. The number of nitrogens with two attached hydrogens (primary N) is 3. The third-order valence-electron chi connectivity index (χ3n) is 9.82. The third-order valence-corrected chi connectivity index (χ3v) is 11.4. The van der Waals surface area contributed by atoms with Gasteiger partial charge >= 0.3 is 25.7 Å². The van der Waals surface area contributed by atoms with Crippen molar-refractivity contribution in [3.05, 3.63) is 54.5 Å². The second kappa shape index (κ2) is 18.1. The van der Waals surface area contributed by atoms with E-state index >= 15 is 0 Å². The molecule has 0 radical (unpaired) electrons. The SMILES string of the molecule is CC(C)[C@@H](N)C(=O)O[C@H]1[C@H](c2ccc3c(N)ncnn23)O[C@](C#N)(CO[P@@](=O)(N[C@@H](C)C(=O)OC2CCCCC2)Oc2ccccc2)[C@H]1OC(=O)[C@H](N)C(C)C. The smallest absolute Gasteiger partial charge is 0.459 e. The highest BCUT2D eigenvalue weighted by Gasteiger charge is 2.62. The fourth-order valence-electron chi connectivity index (χ4n) is 6.32. The van der Waals surface area contributed by atoms with Crippen molar-refractivity contribution in [2.24, 2.45) is 23.3 Å². The maximum Gasteiger partial charge on any atom is 0.459 e. The Balaban J connectivity index is 1.55. The number of para-hydroxylation sites is 1. The van der Waals surface area contributed by atoms with E-state index in [4.69, 9.17) is 45.2 Å². The number of aromatic nitrogens is 3. The Morgan fingerprint density at radius 3 is 2.23 bits per heavy atom. The van der Waals surface area contributed by atoms with Gasteiger partial charge < -0.3 is 40.7 Å². The molecule has 56 heavy (non-hydrogen) atoms. The summed E-state index contributed by atoms with van der Waals surface area (Å²) in [5.74, 6) is -3.09. The van der Waals surface area contributed by atoms with Crippen LogP contribution in [0.15, 0.2) is 48.8 Å². The molecular weight excluding hydrogens is 747 g/mol. The molecule has 2 fully saturated rings. The average Bonchev–Trinajstić information content (AvgIpc) is 3.74. The first-order valence-electron chi connectivity index (χ1n) is 18.6. The first kappa shape index (κ1) is 42.5. The number of nitriles is 1. The van der Waals surface area contributed by atoms with E-state index in [2.05, 4.69) is 15.2 Å². The lowest BCUT2D eigenvalue weighted by Crippen LogP contribution is -2.53. The predicted molar refractivity (Wildman–Crippen MR) is 201 cm³/mol. The van der Waals surface area contributed by atoms with Gasteiger partial charge in [-0.25, -0.2) is 14.1 Å². The van der Waals surface area contributed by atoms with E-state index < -0.39 is 80.2 Å². The summed E-state index contributed by atoms with van der Waals surface area (Å²) in [6.45, 7) is 7.34. The zero-order valence-corrected chi connectivity index (χ0v) is 33.0. The van der Waals surface area contributed by atoms with Gasteiger partial charge in [-0.05, 0) is 68.7 Å². The Hall–Kier alpha value is -4.63. The number of fused-ring (bicyclic) bond motifs is 1. The van der Waals surface area contributed by atoms with Gasteiger partial charge in [0.05, 0.1) is 5.69 Å². The number of hydrogen-bond acceptors (Lipinski definition) is 16. The Morgan fingerprint density at radius 2 is 1.61 bits per heavy atom. The average molecular weight is 799 g/mol. The van der Waals surface area contributed by atoms with E-state index in [1.807, 2.05) is 6.07 Å². The summed E-state index contributed by atoms with van der Waals surface area (Å²) < 4.78 is 52.0. The van der Waals surface area contributed by atoms with E-state index in [1.165, 1.54) is 29.9 Å². The molecule has 0 bridgehead atoms. The Labute approximate surface area is 325 Å². The number of carbonyl (C=O) groups is 3. The number of nitrogens with zero attached hydrogens (tertiary/aromatic N) is 4. The minimum Gasteiger partial charge on any atom is -0.461 e. The standard InChI is InChI=1S/C37H51N8O10P/c1-21(2)28(39)35(47)52-31-30(26-16-17-27-33(41)42-20-43-45(26)27)54-37(18-38,32(31)53-36(48)29(40)22(3)4)19-50-56(49,55-25-14-10-7-11-15-25)44-23(5)34(46)51-24-12-8-6-9-13-24/h7,10-11,14-17,20-24,28-32H,6,8-9,12-13,19,39-40H2,1-5H3,(H,44,49)(H2,41,42,43)/t23-,28+,29+,30-,31-,32-,37+,56-/m0/s1. The van der Waals surface area contributed by atoms with Crippen LogP contribution in [0.1, 0.15) is 78.5 Å². The second-order valence-corrected chi connectivity index (χ2v) is 16.5. The summed E-state index contributed by atoms with van der Waals surface area (Å²) >= 11 is 0. The number of rotatable bonds is 16. The van der Waals surface area contributed by atoms with E-state index in [9.17, 15) is 24.2 Å². The minimum absolute atomic E-state index is 0.102. The summed E-state index contributed by atoms with van der Waals surface area (Å²) in [5, 5.41) is 17.9. The number of hydrogen-bond donors (Lipinski definition) is 4. The van der Waals surface area contributed by atoms with Gasteiger partial charge in [-0.1, -0.05) is 52.3 Å². The van der Waals surface area contributed by atoms with Crippen LogP contribution in [0.3, 0.4) is 0 Å². The third kappa shape index (κ3) is 9.66. The molecule has 3 heterocycles. The fourth-order valence-corrected chi connectivity index (χ4v) is 7.84. The highest BCUT2D eigenvalue weighted by molar-refractivity contribution is 7.52. The Kier molecular flexibility index (Phi) is 13.7. The lowest BCUT2D eigenvalue weighted by Gasteiger charge is -2.32. The number of anilines is 1. The molecule has 304 valence electrons. The van der Waals surface area contributed by atoms with Crippen molar-refractivity contribution in [1.29, 1.82) is 5.26 Å². The zero-order valence-electron chi connectivity index (χ0n) is 32.1. The maximum atomic E-state index is 14.7. The van der Waals surface area contributed by atoms with Crippen LogP contribution in [-0.4, -0.2) is 81.2 Å². The number of ether oxygens (including phenoxy) is 4. The molecule has 3 aromatic rings. The molecule has 1 aliphatic carbocycles. The number of carbonyl (C=O) groups excluding carboxylic acids is 3. The molecule has 0 unspecified atom stereocenters. The van der Waals surface area contributed by atoms with Crippen LogP contribution in [0.5, 0.6) is 5.75 Å². The van der Waals surface area contributed by atoms with Gasteiger partial charge in [-0.2, -0.15) is 15.4 Å². The van der Waals surface area contributed by atoms with Gasteiger partial charge in [0.25, 0.3) is 0 Å². The summed E-state index contributed by atoms with van der Waals surface area (Å²) in [5.41, 5.74) is 16.7. The largest absolute Gasteiger partial charge is 0.461 e. The van der Waals surface area contributed by atoms with Crippen LogP contribution in [-0.2, 0) is 42.4 Å². The van der Waals surface area contributed by atoms with Crippen LogP contribution in [0.25, 0.3) is 5.52 Å². The molecule has 8 atom stereocenters. The van der Waals surface area contributed by atoms with Gasteiger partial charge in [0, 0.05) is 0 Å². The lowest BCUT2D eigenvalue weighted by atomic mass is 9.95. The first-order chi connectivity index (χ1) is 26.6. The predicted octanol–water partition coefficient (Wildman–Crippen LogP) is 3.49. The molecule has 0 spiro atoms. The highest BCUT2D eigenvalue weighted by Crippen LogP contribution is 2.50. The van der Waals surface area contributed by atoms with Crippen LogP contribution >= 0.6 is 7.75 Å².